The van der Waals surface area contributed by atoms with E-state index < -0.39 is 5.60 Å². The first-order chi connectivity index (χ1) is 10.9. The average Bonchev–Trinajstić information content (AvgIpc) is 3.04. The second-order valence-electron chi connectivity index (χ2n) is 5.77. The Labute approximate surface area is 132 Å². The number of aromatic nitrogens is 2. The molecule has 0 unspecified atom stereocenters. The number of anilines is 1. The Morgan fingerprint density at radius 1 is 1.43 bits per heavy atom. The molecule has 0 saturated carbocycles. The van der Waals surface area contributed by atoms with Crippen molar-refractivity contribution in [2.24, 2.45) is 12.2 Å². The van der Waals surface area contributed by atoms with Crippen molar-refractivity contribution >= 4 is 17.4 Å². The Hall–Kier alpha value is -2.70. The number of benzene rings is 1. The SMILES string of the molecule is Cc1cc(NC(=O)[C@]2(C)CC(c3ccccc3F)=NO2)n(C)n1. The molecule has 6 nitrogen and oxygen atoms in total. The minimum atomic E-state index is -1.18. The van der Waals surface area contributed by atoms with E-state index in [9.17, 15) is 9.18 Å². The number of nitrogens with zero attached hydrogens (tertiary/aromatic N) is 3. The van der Waals surface area contributed by atoms with Crippen molar-refractivity contribution in [2.75, 3.05) is 5.32 Å². The molecule has 1 aliphatic heterocycles. The zero-order chi connectivity index (χ0) is 16.6. The van der Waals surface area contributed by atoms with E-state index in [1.807, 2.05) is 6.92 Å². The summed E-state index contributed by atoms with van der Waals surface area (Å²) in [6.07, 6.45) is 0.191. The molecule has 23 heavy (non-hydrogen) atoms. The lowest BCUT2D eigenvalue weighted by atomic mass is 9.95. The number of oxime groups is 1. The molecule has 0 radical (unpaired) electrons. The first-order valence-electron chi connectivity index (χ1n) is 7.21. The zero-order valence-corrected chi connectivity index (χ0v) is 13.1. The van der Waals surface area contributed by atoms with Crippen LogP contribution in [-0.2, 0) is 16.7 Å². The van der Waals surface area contributed by atoms with Crippen LogP contribution >= 0.6 is 0 Å². The highest BCUT2D eigenvalue weighted by molar-refractivity contribution is 6.07. The first-order valence-corrected chi connectivity index (χ1v) is 7.21. The fourth-order valence-electron chi connectivity index (χ4n) is 2.48. The van der Waals surface area contributed by atoms with Crippen molar-refractivity contribution in [1.82, 2.24) is 9.78 Å². The average molecular weight is 316 g/mol. The maximum absolute atomic E-state index is 13.8. The van der Waals surface area contributed by atoms with Crippen LogP contribution in [0.4, 0.5) is 10.2 Å². The Morgan fingerprint density at radius 2 is 2.17 bits per heavy atom. The van der Waals surface area contributed by atoms with Crippen LogP contribution in [-0.4, -0.2) is 27.0 Å². The van der Waals surface area contributed by atoms with Gasteiger partial charge in [0.25, 0.3) is 5.91 Å². The van der Waals surface area contributed by atoms with E-state index in [1.54, 1.807) is 42.9 Å². The monoisotopic (exact) mass is 316 g/mol. The second kappa shape index (κ2) is 5.49. The van der Waals surface area contributed by atoms with E-state index in [1.165, 1.54) is 6.07 Å². The standard InChI is InChI=1S/C16H17FN4O2/c1-10-8-14(21(3)19-10)18-15(22)16(2)9-13(20-23-16)11-6-4-5-7-12(11)17/h4-8H,9H2,1-3H3,(H,18,22)/t16-/m0/s1. The molecule has 0 fully saturated rings. The summed E-state index contributed by atoms with van der Waals surface area (Å²) in [5.74, 6) is -0.172. The van der Waals surface area contributed by atoms with Crippen molar-refractivity contribution < 1.29 is 14.0 Å². The highest BCUT2D eigenvalue weighted by Crippen LogP contribution is 2.29. The van der Waals surface area contributed by atoms with Crippen molar-refractivity contribution in [2.45, 2.75) is 25.9 Å². The van der Waals surface area contributed by atoms with Crippen molar-refractivity contribution in [3.63, 3.8) is 0 Å². The molecule has 1 N–H and O–H groups in total. The van der Waals surface area contributed by atoms with Gasteiger partial charge in [0, 0.05) is 25.1 Å². The fraction of sp³-hybridized carbons (Fsp3) is 0.312. The Morgan fingerprint density at radius 3 is 2.83 bits per heavy atom. The molecule has 1 aromatic heterocycles. The Kier molecular flexibility index (Phi) is 3.63. The van der Waals surface area contributed by atoms with Gasteiger partial charge in [0.2, 0.25) is 5.60 Å². The molecule has 1 amide bonds. The number of hydrogen-bond donors (Lipinski definition) is 1. The normalized spacial score (nSPS) is 20.1. The van der Waals surface area contributed by atoms with Crippen LogP contribution in [0.1, 0.15) is 24.6 Å². The smallest absolute Gasteiger partial charge is 0.272 e. The maximum atomic E-state index is 13.8. The summed E-state index contributed by atoms with van der Waals surface area (Å²) >= 11 is 0. The molecule has 7 heteroatoms. The van der Waals surface area contributed by atoms with Crippen LogP contribution in [0.25, 0.3) is 0 Å². The molecule has 120 valence electrons. The molecule has 2 aromatic rings. The Bertz CT molecular complexity index is 799. The molecular weight excluding hydrogens is 299 g/mol. The molecule has 0 spiro atoms. The van der Waals surface area contributed by atoms with E-state index in [-0.39, 0.29) is 18.1 Å². The van der Waals surface area contributed by atoms with Crippen LogP contribution in [0.2, 0.25) is 0 Å². The van der Waals surface area contributed by atoms with Gasteiger partial charge in [-0.15, -0.1) is 0 Å². The van der Waals surface area contributed by atoms with Gasteiger partial charge in [-0.3, -0.25) is 9.48 Å². The van der Waals surface area contributed by atoms with Crippen LogP contribution in [0.5, 0.6) is 0 Å². The van der Waals surface area contributed by atoms with Gasteiger partial charge in [-0.1, -0.05) is 23.4 Å². The minimum absolute atomic E-state index is 0.191. The quantitative estimate of drug-likeness (QED) is 0.945. The number of rotatable bonds is 3. The summed E-state index contributed by atoms with van der Waals surface area (Å²) in [6.45, 7) is 3.46. The topological polar surface area (TPSA) is 68.5 Å². The summed E-state index contributed by atoms with van der Waals surface area (Å²) in [5.41, 5.74) is 0.376. The summed E-state index contributed by atoms with van der Waals surface area (Å²) < 4.78 is 15.4. The van der Waals surface area contributed by atoms with Crippen LogP contribution in [0, 0.1) is 12.7 Å². The predicted octanol–water partition coefficient (Wildman–Crippen LogP) is 2.39. The summed E-state index contributed by atoms with van der Waals surface area (Å²) in [6, 6.07) is 8.05. The molecule has 1 aromatic carbocycles. The van der Waals surface area contributed by atoms with Gasteiger partial charge in [0.1, 0.15) is 11.6 Å². The number of halogens is 1. The van der Waals surface area contributed by atoms with Gasteiger partial charge in [-0.05, 0) is 19.9 Å². The summed E-state index contributed by atoms with van der Waals surface area (Å²) in [7, 11) is 1.74. The molecule has 0 aliphatic carbocycles. The third-order valence-electron chi connectivity index (χ3n) is 3.77. The number of amides is 1. The third kappa shape index (κ3) is 2.81. The molecule has 0 bridgehead atoms. The molecule has 0 saturated heterocycles. The third-order valence-corrected chi connectivity index (χ3v) is 3.77. The zero-order valence-electron chi connectivity index (χ0n) is 13.1. The maximum Gasteiger partial charge on any atom is 0.272 e. The Balaban J connectivity index is 1.76. The minimum Gasteiger partial charge on any atom is -0.379 e. The van der Waals surface area contributed by atoms with E-state index >= 15 is 0 Å². The van der Waals surface area contributed by atoms with Crippen LogP contribution in [0.3, 0.4) is 0 Å². The fourth-order valence-corrected chi connectivity index (χ4v) is 2.48. The van der Waals surface area contributed by atoms with Crippen LogP contribution < -0.4 is 5.32 Å². The number of carbonyl (C=O) groups excluding carboxylic acids is 1. The molecule has 2 heterocycles. The van der Waals surface area contributed by atoms with Crippen molar-refractivity contribution in [3.05, 3.63) is 47.4 Å². The van der Waals surface area contributed by atoms with E-state index in [0.717, 1.165) is 5.69 Å². The number of aryl methyl sites for hydroxylation is 2. The van der Waals surface area contributed by atoms with Crippen LogP contribution in [0.15, 0.2) is 35.5 Å². The van der Waals surface area contributed by atoms with Crippen molar-refractivity contribution in [1.29, 1.82) is 0 Å². The lowest BCUT2D eigenvalue weighted by Gasteiger charge is -2.20. The molecule has 1 atom stereocenters. The van der Waals surface area contributed by atoms with Crippen molar-refractivity contribution in [3.8, 4) is 0 Å². The number of nitrogens with one attached hydrogen (secondary N) is 1. The largest absolute Gasteiger partial charge is 0.379 e. The van der Waals surface area contributed by atoms with E-state index in [2.05, 4.69) is 15.6 Å². The number of hydrogen-bond acceptors (Lipinski definition) is 4. The van der Waals surface area contributed by atoms with Gasteiger partial charge in [-0.25, -0.2) is 4.39 Å². The molecule has 1 aliphatic rings. The van der Waals surface area contributed by atoms with Gasteiger partial charge >= 0.3 is 0 Å². The van der Waals surface area contributed by atoms with Gasteiger partial charge in [0.15, 0.2) is 0 Å². The predicted molar refractivity (Wildman–Crippen MR) is 83.6 cm³/mol. The molecule has 3 rings (SSSR count). The highest BCUT2D eigenvalue weighted by Gasteiger charge is 2.43. The lowest BCUT2D eigenvalue weighted by molar-refractivity contribution is -0.136. The van der Waals surface area contributed by atoms with Gasteiger partial charge < -0.3 is 10.2 Å². The van der Waals surface area contributed by atoms with E-state index in [4.69, 9.17) is 4.84 Å². The number of carbonyl (C=O) groups is 1. The highest BCUT2D eigenvalue weighted by atomic mass is 19.1. The summed E-state index contributed by atoms with van der Waals surface area (Å²) in [5, 5.41) is 10.8. The van der Waals surface area contributed by atoms with E-state index in [0.29, 0.717) is 17.1 Å². The summed E-state index contributed by atoms with van der Waals surface area (Å²) in [4.78, 5) is 17.8. The lowest BCUT2D eigenvalue weighted by Crippen LogP contribution is -2.40. The molecular formula is C16H17FN4O2. The van der Waals surface area contributed by atoms with Gasteiger partial charge in [0.05, 0.1) is 11.4 Å². The second-order valence-corrected chi connectivity index (χ2v) is 5.77. The first kappa shape index (κ1) is 15.2. The van der Waals surface area contributed by atoms with Gasteiger partial charge in [-0.2, -0.15) is 5.10 Å².